The van der Waals surface area contributed by atoms with Crippen molar-refractivity contribution in [3.63, 3.8) is 0 Å². The van der Waals surface area contributed by atoms with E-state index in [4.69, 9.17) is 21.4 Å². The first-order valence-corrected chi connectivity index (χ1v) is 7.74. The van der Waals surface area contributed by atoms with Crippen LogP contribution in [0, 0.1) is 6.92 Å². The highest BCUT2D eigenvalue weighted by Gasteiger charge is 2.25. The molecule has 0 radical (unpaired) electrons. The number of nitrogens with zero attached hydrogens (tertiary/aromatic N) is 1. The van der Waals surface area contributed by atoms with E-state index in [1.54, 1.807) is 30.0 Å². The lowest BCUT2D eigenvalue weighted by atomic mass is 10.1. The largest absolute Gasteiger partial charge is 0.481 e. The second kappa shape index (κ2) is 7.61. The number of amides is 1. The highest BCUT2D eigenvalue weighted by molar-refractivity contribution is 6.31. The number of carboxylic acids is 1. The molecule has 1 heterocycles. The van der Waals surface area contributed by atoms with E-state index in [9.17, 15) is 9.59 Å². The fraction of sp³-hybridized carbons (Fsp3) is 0.500. The molecule has 1 fully saturated rings. The number of ether oxygens (including phenoxy) is 1. The van der Waals surface area contributed by atoms with E-state index < -0.39 is 5.97 Å². The van der Waals surface area contributed by atoms with Gasteiger partial charge in [0.2, 0.25) is 0 Å². The molecule has 0 saturated carbocycles. The Labute approximate surface area is 134 Å². The monoisotopic (exact) mass is 325 g/mol. The molecule has 1 amide bonds. The van der Waals surface area contributed by atoms with Crippen LogP contribution in [0.15, 0.2) is 18.2 Å². The summed E-state index contributed by atoms with van der Waals surface area (Å²) in [6.45, 7) is 3.07. The Balaban J connectivity index is 2.16. The Morgan fingerprint density at radius 1 is 1.45 bits per heavy atom. The highest BCUT2D eigenvalue weighted by Crippen LogP contribution is 2.21. The van der Waals surface area contributed by atoms with E-state index in [0.717, 1.165) is 12.8 Å². The van der Waals surface area contributed by atoms with Crippen molar-refractivity contribution in [1.29, 1.82) is 0 Å². The third-order valence-electron chi connectivity index (χ3n) is 3.83. The zero-order chi connectivity index (χ0) is 16.1. The first kappa shape index (κ1) is 16.8. The van der Waals surface area contributed by atoms with E-state index in [0.29, 0.717) is 29.3 Å². The van der Waals surface area contributed by atoms with Gasteiger partial charge in [-0.15, -0.1) is 0 Å². The van der Waals surface area contributed by atoms with Crippen LogP contribution in [0.5, 0.6) is 0 Å². The van der Waals surface area contributed by atoms with Gasteiger partial charge in [0.05, 0.1) is 12.5 Å². The van der Waals surface area contributed by atoms with Gasteiger partial charge in [-0.05, 0) is 37.5 Å². The van der Waals surface area contributed by atoms with Crippen LogP contribution in [0.2, 0.25) is 5.02 Å². The maximum atomic E-state index is 12.7. The van der Waals surface area contributed by atoms with Crippen molar-refractivity contribution in [2.75, 3.05) is 19.7 Å². The second-order valence-electron chi connectivity index (χ2n) is 5.44. The molecular formula is C16H20ClNO4. The fourth-order valence-corrected chi connectivity index (χ4v) is 2.72. The van der Waals surface area contributed by atoms with Crippen molar-refractivity contribution in [2.24, 2.45) is 0 Å². The molecule has 0 aromatic heterocycles. The predicted octanol–water partition coefficient (Wildman–Crippen LogP) is 2.74. The minimum absolute atomic E-state index is 0.0164. The van der Waals surface area contributed by atoms with Crippen LogP contribution in [-0.2, 0) is 9.53 Å². The van der Waals surface area contributed by atoms with E-state index >= 15 is 0 Å². The first-order valence-electron chi connectivity index (χ1n) is 7.37. The topological polar surface area (TPSA) is 66.8 Å². The van der Waals surface area contributed by atoms with Crippen LogP contribution in [0.1, 0.15) is 35.2 Å². The average molecular weight is 326 g/mol. The van der Waals surface area contributed by atoms with Crippen molar-refractivity contribution in [2.45, 2.75) is 32.3 Å². The van der Waals surface area contributed by atoms with Crippen LogP contribution in [0.25, 0.3) is 0 Å². The number of hydrogen-bond acceptors (Lipinski definition) is 3. The molecule has 6 heteroatoms. The van der Waals surface area contributed by atoms with E-state index in [1.165, 1.54) is 0 Å². The number of carbonyl (C=O) groups excluding carboxylic acids is 1. The van der Waals surface area contributed by atoms with E-state index in [-0.39, 0.29) is 25.0 Å². The summed E-state index contributed by atoms with van der Waals surface area (Å²) in [7, 11) is 0. The lowest BCUT2D eigenvalue weighted by Gasteiger charge is -2.25. The molecule has 1 atom stereocenters. The lowest BCUT2D eigenvalue weighted by molar-refractivity contribution is -0.137. The molecule has 1 aromatic rings. The number of carbonyl (C=O) groups is 2. The van der Waals surface area contributed by atoms with Gasteiger partial charge in [0.1, 0.15) is 0 Å². The minimum Gasteiger partial charge on any atom is -0.481 e. The fourth-order valence-electron chi connectivity index (χ4n) is 2.55. The normalized spacial score (nSPS) is 17.5. The third kappa shape index (κ3) is 4.21. The van der Waals surface area contributed by atoms with Crippen LogP contribution in [0.3, 0.4) is 0 Å². The summed E-state index contributed by atoms with van der Waals surface area (Å²) in [4.78, 5) is 25.1. The van der Waals surface area contributed by atoms with Gasteiger partial charge < -0.3 is 14.7 Å². The molecule has 1 N–H and O–H groups in total. The summed E-state index contributed by atoms with van der Waals surface area (Å²) in [5, 5.41) is 9.41. The van der Waals surface area contributed by atoms with Crippen LogP contribution in [-0.4, -0.2) is 47.7 Å². The zero-order valence-corrected chi connectivity index (χ0v) is 13.3. The molecule has 2 rings (SSSR count). The first-order chi connectivity index (χ1) is 10.5. The van der Waals surface area contributed by atoms with Gasteiger partial charge in [0, 0.05) is 30.3 Å². The molecule has 1 unspecified atom stereocenters. The summed E-state index contributed by atoms with van der Waals surface area (Å²) in [5.41, 5.74) is 1.22. The van der Waals surface area contributed by atoms with Crippen molar-refractivity contribution in [1.82, 2.24) is 4.90 Å². The number of carboxylic acid groups (broad SMARTS) is 1. The standard InChI is InChI=1S/C16H20ClNO4/c1-11-13(5-2-6-14(11)17)16(21)18(8-7-15(19)20)10-12-4-3-9-22-12/h2,5-6,12H,3-4,7-10H2,1H3,(H,19,20). The van der Waals surface area contributed by atoms with Gasteiger partial charge in [-0.2, -0.15) is 0 Å². The Bertz CT molecular complexity index is 555. The van der Waals surface area contributed by atoms with Crippen molar-refractivity contribution in [3.05, 3.63) is 34.3 Å². The Morgan fingerprint density at radius 3 is 2.86 bits per heavy atom. The smallest absolute Gasteiger partial charge is 0.305 e. The van der Waals surface area contributed by atoms with Crippen LogP contribution < -0.4 is 0 Å². The maximum absolute atomic E-state index is 12.7. The van der Waals surface area contributed by atoms with Gasteiger partial charge in [-0.3, -0.25) is 9.59 Å². The molecule has 0 bridgehead atoms. The SMILES string of the molecule is Cc1c(Cl)cccc1C(=O)N(CCC(=O)O)CC1CCCO1. The summed E-state index contributed by atoms with van der Waals surface area (Å²) < 4.78 is 5.56. The summed E-state index contributed by atoms with van der Waals surface area (Å²) >= 11 is 6.07. The molecule has 5 nitrogen and oxygen atoms in total. The third-order valence-corrected chi connectivity index (χ3v) is 4.24. The predicted molar refractivity (Wildman–Crippen MR) is 83.3 cm³/mol. The lowest BCUT2D eigenvalue weighted by Crippen LogP contribution is -2.39. The number of hydrogen-bond donors (Lipinski definition) is 1. The molecule has 1 aliphatic heterocycles. The molecule has 22 heavy (non-hydrogen) atoms. The van der Waals surface area contributed by atoms with E-state index in [1.807, 2.05) is 0 Å². The van der Waals surface area contributed by atoms with Crippen molar-refractivity contribution in [3.8, 4) is 0 Å². The molecule has 1 aromatic carbocycles. The van der Waals surface area contributed by atoms with Crippen molar-refractivity contribution >= 4 is 23.5 Å². The van der Waals surface area contributed by atoms with Crippen LogP contribution in [0.4, 0.5) is 0 Å². The highest BCUT2D eigenvalue weighted by atomic mass is 35.5. The molecule has 0 spiro atoms. The molecular weight excluding hydrogens is 306 g/mol. The molecule has 1 saturated heterocycles. The Hall–Kier alpha value is -1.59. The minimum atomic E-state index is -0.923. The molecule has 1 aliphatic rings. The average Bonchev–Trinajstić information content (AvgIpc) is 2.98. The Morgan fingerprint density at radius 2 is 2.23 bits per heavy atom. The van der Waals surface area contributed by atoms with Crippen LogP contribution >= 0.6 is 11.6 Å². The van der Waals surface area contributed by atoms with E-state index in [2.05, 4.69) is 0 Å². The number of halogens is 1. The zero-order valence-electron chi connectivity index (χ0n) is 12.5. The molecule has 120 valence electrons. The number of rotatable bonds is 6. The summed E-state index contributed by atoms with van der Waals surface area (Å²) in [6, 6.07) is 5.17. The van der Waals surface area contributed by atoms with Gasteiger partial charge in [-0.1, -0.05) is 17.7 Å². The quantitative estimate of drug-likeness (QED) is 0.873. The van der Waals surface area contributed by atoms with Crippen molar-refractivity contribution < 1.29 is 19.4 Å². The second-order valence-corrected chi connectivity index (χ2v) is 5.85. The Kier molecular flexibility index (Phi) is 5.80. The summed E-state index contributed by atoms with van der Waals surface area (Å²) in [6.07, 6.45) is 1.77. The van der Waals surface area contributed by atoms with Gasteiger partial charge >= 0.3 is 5.97 Å². The van der Waals surface area contributed by atoms with Gasteiger partial charge in [-0.25, -0.2) is 0 Å². The number of benzene rings is 1. The summed E-state index contributed by atoms with van der Waals surface area (Å²) in [5.74, 6) is -1.12. The number of aliphatic carboxylic acids is 1. The van der Waals surface area contributed by atoms with Gasteiger partial charge in [0.15, 0.2) is 0 Å². The molecule has 0 aliphatic carbocycles. The maximum Gasteiger partial charge on any atom is 0.305 e. The van der Waals surface area contributed by atoms with Gasteiger partial charge in [0.25, 0.3) is 5.91 Å².